The number of aliphatic hydroxyl groups excluding tert-OH is 4. The van der Waals surface area contributed by atoms with Crippen LogP contribution in [0.4, 0.5) is 0 Å². The van der Waals surface area contributed by atoms with Crippen molar-refractivity contribution in [2.24, 2.45) is 11.8 Å². The molecule has 0 atom stereocenters. The van der Waals surface area contributed by atoms with Crippen LogP contribution >= 0.6 is 0 Å². The molecule has 4 N–H and O–H groups in total. The standard InChI is InChI=1S/C8H16O2.2CH4O/c9-5-7-1-2-8(6-10)4-3-7;2*1-2/h7-10H,1-6H2;2*2H,1H3. The largest absolute Gasteiger partial charge is 0.400 e. The van der Waals surface area contributed by atoms with Gasteiger partial charge in [-0.25, -0.2) is 0 Å². The minimum Gasteiger partial charge on any atom is -0.400 e. The van der Waals surface area contributed by atoms with Gasteiger partial charge in [0.05, 0.1) is 0 Å². The van der Waals surface area contributed by atoms with Crippen LogP contribution in [0.15, 0.2) is 0 Å². The summed E-state index contributed by atoms with van der Waals surface area (Å²) in [6.45, 7) is 0.663. The molecule has 0 aromatic heterocycles. The van der Waals surface area contributed by atoms with Gasteiger partial charge in [-0.3, -0.25) is 0 Å². The molecule has 1 aliphatic carbocycles. The van der Waals surface area contributed by atoms with E-state index in [4.69, 9.17) is 20.4 Å². The molecule has 0 unspecified atom stereocenters. The average molecular weight is 208 g/mol. The van der Waals surface area contributed by atoms with E-state index >= 15 is 0 Å². The van der Waals surface area contributed by atoms with E-state index in [1.165, 1.54) is 0 Å². The highest BCUT2D eigenvalue weighted by Crippen LogP contribution is 2.27. The highest BCUT2D eigenvalue weighted by molar-refractivity contribution is 4.70. The fraction of sp³-hybridized carbons (Fsp3) is 1.00. The fourth-order valence-electron chi connectivity index (χ4n) is 1.60. The summed E-state index contributed by atoms with van der Waals surface area (Å²) >= 11 is 0. The number of hydrogen-bond acceptors (Lipinski definition) is 4. The maximum atomic E-state index is 8.79. The van der Waals surface area contributed by atoms with Gasteiger partial charge in [0.1, 0.15) is 0 Å². The Bertz CT molecular complexity index is 78.1. The van der Waals surface area contributed by atoms with E-state index in [0.717, 1.165) is 39.9 Å². The molecule has 1 aliphatic rings. The zero-order valence-electron chi connectivity index (χ0n) is 9.19. The summed E-state index contributed by atoms with van der Waals surface area (Å²) in [6.07, 6.45) is 4.40. The van der Waals surface area contributed by atoms with Crippen molar-refractivity contribution in [3.63, 3.8) is 0 Å². The van der Waals surface area contributed by atoms with Crippen LogP contribution in [0, 0.1) is 11.8 Å². The van der Waals surface area contributed by atoms with Crippen molar-refractivity contribution in [3.05, 3.63) is 0 Å². The Balaban J connectivity index is 0. The Morgan fingerprint density at radius 1 is 0.714 bits per heavy atom. The molecule has 1 saturated carbocycles. The first-order valence-electron chi connectivity index (χ1n) is 4.98. The summed E-state index contributed by atoms with van der Waals surface area (Å²) in [6, 6.07) is 0. The van der Waals surface area contributed by atoms with E-state index in [0.29, 0.717) is 25.0 Å². The van der Waals surface area contributed by atoms with E-state index in [9.17, 15) is 0 Å². The van der Waals surface area contributed by atoms with Crippen LogP contribution in [0.3, 0.4) is 0 Å². The molecule has 4 heteroatoms. The number of hydrogen-bond donors (Lipinski definition) is 4. The Hall–Kier alpha value is -0.160. The van der Waals surface area contributed by atoms with Crippen molar-refractivity contribution < 1.29 is 20.4 Å². The van der Waals surface area contributed by atoms with Gasteiger partial charge in [0.15, 0.2) is 0 Å². The van der Waals surface area contributed by atoms with Crippen LogP contribution in [-0.4, -0.2) is 47.9 Å². The topological polar surface area (TPSA) is 80.9 Å². The van der Waals surface area contributed by atoms with Crippen molar-refractivity contribution >= 4 is 0 Å². The first-order chi connectivity index (χ1) is 6.86. The lowest BCUT2D eigenvalue weighted by Gasteiger charge is -2.25. The van der Waals surface area contributed by atoms with Crippen LogP contribution < -0.4 is 0 Å². The molecular formula is C10H24O4. The van der Waals surface area contributed by atoms with Gasteiger partial charge in [0.2, 0.25) is 0 Å². The third-order valence-corrected chi connectivity index (χ3v) is 2.48. The highest BCUT2D eigenvalue weighted by Gasteiger charge is 2.19. The lowest BCUT2D eigenvalue weighted by molar-refractivity contribution is 0.131. The third-order valence-electron chi connectivity index (χ3n) is 2.48. The second-order valence-corrected chi connectivity index (χ2v) is 3.25. The summed E-state index contributed by atoms with van der Waals surface area (Å²) in [4.78, 5) is 0. The summed E-state index contributed by atoms with van der Waals surface area (Å²) in [7, 11) is 2.00. The number of rotatable bonds is 2. The summed E-state index contributed by atoms with van der Waals surface area (Å²) in [5.74, 6) is 1.03. The molecule has 0 aromatic rings. The number of aliphatic hydroxyl groups is 4. The van der Waals surface area contributed by atoms with Crippen molar-refractivity contribution in [3.8, 4) is 0 Å². The Kier molecular flexibility index (Phi) is 14.9. The smallest absolute Gasteiger partial charge is 0.0459 e. The molecule has 1 fully saturated rings. The van der Waals surface area contributed by atoms with E-state index in [2.05, 4.69) is 0 Å². The van der Waals surface area contributed by atoms with Gasteiger partial charge in [-0.15, -0.1) is 0 Å². The third kappa shape index (κ3) is 7.26. The molecule has 14 heavy (non-hydrogen) atoms. The van der Waals surface area contributed by atoms with Crippen molar-refractivity contribution in [1.82, 2.24) is 0 Å². The minimum atomic E-state index is 0.331. The van der Waals surface area contributed by atoms with E-state index < -0.39 is 0 Å². The monoisotopic (exact) mass is 208 g/mol. The molecular weight excluding hydrogens is 184 g/mol. The Morgan fingerprint density at radius 3 is 1.07 bits per heavy atom. The maximum Gasteiger partial charge on any atom is 0.0459 e. The first kappa shape index (κ1) is 16.3. The van der Waals surface area contributed by atoms with E-state index in [-0.39, 0.29) is 0 Å². The molecule has 0 aromatic carbocycles. The highest BCUT2D eigenvalue weighted by atomic mass is 16.3. The maximum absolute atomic E-state index is 8.79. The predicted molar refractivity (Wildman–Crippen MR) is 55.9 cm³/mol. The van der Waals surface area contributed by atoms with Crippen LogP contribution in [0.25, 0.3) is 0 Å². The molecule has 0 spiro atoms. The van der Waals surface area contributed by atoms with Gasteiger partial charge in [0.25, 0.3) is 0 Å². The summed E-state index contributed by atoms with van der Waals surface area (Å²) < 4.78 is 0. The predicted octanol–water partition coefficient (Wildman–Crippen LogP) is -0.00560. The molecule has 4 nitrogen and oxygen atoms in total. The van der Waals surface area contributed by atoms with Gasteiger partial charge in [0, 0.05) is 27.4 Å². The van der Waals surface area contributed by atoms with Crippen molar-refractivity contribution in [2.75, 3.05) is 27.4 Å². The zero-order valence-corrected chi connectivity index (χ0v) is 9.19. The van der Waals surface area contributed by atoms with Crippen LogP contribution in [0.5, 0.6) is 0 Å². The van der Waals surface area contributed by atoms with Crippen LogP contribution in [0.2, 0.25) is 0 Å². The van der Waals surface area contributed by atoms with Gasteiger partial charge in [-0.1, -0.05) is 0 Å². The quantitative estimate of drug-likeness (QED) is 0.515. The molecule has 0 radical (unpaired) electrons. The summed E-state index contributed by atoms with van der Waals surface area (Å²) in [5.41, 5.74) is 0. The summed E-state index contributed by atoms with van der Waals surface area (Å²) in [5, 5.41) is 31.6. The van der Waals surface area contributed by atoms with Gasteiger partial charge in [-0.05, 0) is 37.5 Å². The van der Waals surface area contributed by atoms with Crippen LogP contribution in [0.1, 0.15) is 25.7 Å². The van der Waals surface area contributed by atoms with E-state index in [1.807, 2.05) is 0 Å². The van der Waals surface area contributed by atoms with Gasteiger partial charge >= 0.3 is 0 Å². The molecule has 1 rings (SSSR count). The van der Waals surface area contributed by atoms with Crippen LogP contribution in [-0.2, 0) is 0 Å². The SMILES string of the molecule is CO.CO.OCC1CCC(CO)CC1. The molecule has 0 amide bonds. The van der Waals surface area contributed by atoms with Crippen molar-refractivity contribution in [1.29, 1.82) is 0 Å². The molecule has 88 valence electrons. The lowest BCUT2D eigenvalue weighted by Crippen LogP contribution is -2.19. The second kappa shape index (κ2) is 12.8. The molecule has 0 aliphatic heterocycles. The molecule has 0 heterocycles. The first-order valence-corrected chi connectivity index (χ1v) is 4.98. The normalized spacial score (nSPS) is 25.3. The fourth-order valence-corrected chi connectivity index (χ4v) is 1.60. The van der Waals surface area contributed by atoms with E-state index in [1.54, 1.807) is 0 Å². The lowest BCUT2D eigenvalue weighted by atomic mass is 9.83. The van der Waals surface area contributed by atoms with Gasteiger partial charge in [-0.2, -0.15) is 0 Å². The average Bonchev–Trinajstić information content (AvgIpc) is 2.34. The zero-order chi connectivity index (χ0) is 11.4. The second-order valence-electron chi connectivity index (χ2n) is 3.25. The minimum absolute atomic E-state index is 0.331. The Labute approximate surface area is 86.2 Å². The molecule has 0 saturated heterocycles. The van der Waals surface area contributed by atoms with Gasteiger partial charge < -0.3 is 20.4 Å². The molecule has 0 bridgehead atoms. The van der Waals surface area contributed by atoms with Crippen molar-refractivity contribution in [2.45, 2.75) is 25.7 Å². The Morgan fingerprint density at radius 2 is 0.929 bits per heavy atom.